The summed E-state index contributed by atoms with van der Waals surface area (Å²) in [6, 6.07) is 4.96. The van der Waals surface area contributed by atoms with E-state index in [-0.39, 0.29) is 35.4 Å². The summed E-state index contributed by atoms with van der Waals surface area (Å²) >= 11 is 7.38. The molecule has 1 N–H and O–H groups in total. The largest absolute Gasteiger partial charge is 0.488 e. The average Bonchev–Trinajstić information content (AvgIpc) is 3.12. The lowest BCUT2D eigenvalue weighted by molar-refractivity contribution is -0.0528. The van der Waals surface area contributed by atoms with E-state index in [1.165, 1.54) is 17.4 Å². The Bertz CT molecular complexity index is 1250. The first-order valence-electron chi connectivity index (χ1n) is 8.62. The number of aliphatic hydroxyl groups is 1. The zero-order valence-electron chi connectivity index (χ0n) is 15.3. The summed E-state index contributed by atoms with van der Waals surface area (Å²) in [5.41, 5.74) is 2.42. The van der Waals surface area contributed by atoms with Crippen LogP contribution in [0.1, 0.15) is 5.56 Å². The molecule has 0 saturated carbocycles. The van der Waals surface area contributed by atoms with Gasteiger partial charge in [-0.3, -0.25) is 0 Å². The van der Waals surface area contributed by atoms with Crippen molar-refractivity contribution in [2.24, 2.45) is 0 Å². The number of benzene rings is 2. The number of halogens is 4. The highest BCUT2D eigenvalue weighted by Crippen LogP contribution is 2.40. The van der Waals surface area contributed by atoms with E-state index in [0.717, 1.165) is 11.8 Å². The highest BCUT2D eigenvalue weighted by Gasteiger charge is 2.20. The van der Waals surface area contributed by atoms with Gasteiger partial charge in [-0.2, -0.15) is 8.78 Å². The number of rotatable bonds is 6. The molecule has 4 aromatic rings. The van der Waals surface area contributed by atoms with Gasteiger partial charge in [0.1, 0.15) is 22.2 Å². The van der Waals surface area contributed by atoms with Gasteiger partial charge in [-0.25, -0.2) is 19.3 Å². The molecule has 11 heteroatoms. The van der Waals surface area contributed by atoms with E-state index < -0.39 is 12.4 Å². The second-order valence-corrected chi connectivity index (χ2v) is 7.62. The molecule has 0 spiro atoms. The first-order valence-corrected chi connectivity index (χ1v) is 9.81. The molecule has 0 aliphatic carbocycles. The topological polar surface area (TPSA) is 77.4 Å². The number of ether oxygens (including phenoxy) is 2. The van der Waals surface area contributed by atoms with E-state index in [1.54, 1.807) is 6.07 Å². The standard InChI is InChI=1S/C19H13ClF3N3O3S/c1-8-4-9(16-10(5-8)25-13(7-24-16)29-19(22)23)18-26-17-12(30-18)6-11(28-3-2-27)15(21)14(17)20/h4-7,19,27H,2-3H2,1H3. The van der Waals surface area contributed by atoms with Crippen LogP contribution in [-0.2, 0) is 0 Å². The molecule has 0 saturated heterocycles. The molecule has 30 heavy (non-hydrogen) atoms. The molecular weight excluding hydrogens is 443 g/mol. The first kappa shape index (κ1) is 20.6. The van der Waals surface area contributed by atoms with Crippen molar-refractivity contribution in [3.8, 4) is 22.2 Å². The summed E-state index contributed by atoms with van der Waals surface area (Å²) in [6.45, 7) is -1.55. The SMILES string of the molecule is Cc1cc(-c2nc3c(Cl)c(F)c(OCCO)cc3s2)c2ncc(OC(F)F)nc2c1. The van der Waals surface area contributed by atoms with E-state index in [0.29, 0.717) is 26.3 Å². The molecule has 0 aliphatic heterocycles. The molecule has 0 aliphatic rings. The molecule has 0 bridgehead atoms. The second kappa shape index (κ2) is 8.21. The Kier molecular flexibility index (Phi) is 5.63. The van der Waals surface area contributed by atoms with Gasteiger partial charge in [-0.1, -0.05) is 11.6 Å². The van der Waals surface area contributed by atoms with Crippen molar-refractivity contribution in [2.75, 3.05) is 13.2 Å². The molecule has 2 aromatic heterocycles. The number of alkyl halides is 2. The number of hydrogen-bond acceptors (Lipinski definition) is 7. The third kappa shape index (κ3) is 3.85. The number of hydrogen-bond donors (Lipinski definition) is 1. The summed E-state index contributed by atoms with van der Waals surface area (Å²) in [4.78, 5) is 12.7. The minimum Gasteiger partial charge on any atom is -0.488 e. The number of aliphatic hydroxyl groups excluding tert-OH is 1. The molecule has 0 radical (unpaired) electrons. The van der Waals surface area contributed by atoms with Gasteiger partial charge in [0.2, 0.25) is 5.88 Å². The molecule has 4 rings (SSSR count). The van der Waals surface area contributed by atoms with Crippen LogP contribution in [0.2, 0.25) is 5.02 Å². The van der Waals surface area contributed by atoms with Crippen LogP contribution in [0.5, 0.6) is 11.6 Å². The molecule has 0 fully saturated rings. The molecule has 156 valence electrons. The van der Waals surface area contributed by atoms with Crippen LogP contribution in [0.3, 0.4) is 0 Å². The highest BCUT2D eigenvalue weighted by molar-refractivity contribution is 7.21. The number of fused-ring (bicyclic) bond motifs is 2. The minimum absolute atomic E-state index is 0.0778. The fraction of sp³-hybridized carbons (Fsp3) is 0.211. The van der Waals surface area contributed by atoms with Gasteiger partial charge in [-0.15, -0.1) is 11.3 Å². The van der Waals surface area contributed by atoms with Crippen molar-refractivity contribution in [3.63, 3.8) is 0 Å². The van der Waals surface area contributed by atoms with Gasteiger partial charge >= 0.3 is 6.61 Å². The molecule has 0 atom stereocenters. The lowest BCUT2D eigenvalue weighted by atomic mass is 10.1. The third-order valence-corrected chi connectivity index (χ3v) is 5.47. The van der Waals surface area contributed by atoms with Crippen molar-refractivity contribution in [1.29, 1.82) is 0 Å². The summed E-state index contributed by atoms with van der Waals surface area (Å²) < 4.78 is 49.5. The molecule has 0 amide bonds. The van der Waals surface area contributed by atoms with E-state index in [9.17, 15) is 13.2 Å². The monoisotopic (exact) mass is 455 g/mol. The third-order valence-electron chi connectivity index (χ3n) is 4.09. The van der Waals surface area contributed by atoms with E-state index >= 15 is 0 Å². The van der Waals surface area contributed by atoms with E-state index in [4.69, 9.17) is 21.4 Å². The van der Waals surface area contributed by atoms with Crippen molar-refractivity contribution in [2.45, 2.75) is 13.5 Å². The maximum absolute atomic E-state index is 14.5. The predicted molar refractivity (Wildman–Crippen MR) is 107 cm³/mol. The van der Waals surface area contributed by atoms with Gasteiger partial charge in [-0.05, 0) is 24.6 Å². The van der Waals surface area contributed by atoms with E-state index in [1.807, 2.05) is 13.0 Å². The van der Waals surface area contributed by atoms with Crippen LogP contribution in [0.15, 0.2) is 24.4 Å². The quantitative estimate of drug-likeness (QED) is 0.442. The zero-order chi connectivity index (χ0) is 21.4. The van der Waals surface area contributed by atoms with Crippen molar-refractivity contribution < 1.29 is 27.8 Å². The fourth-order valence-electron chi connectivity index (χ4n) is 2.92. The molecular formula is C19H13ClF3N3O3S. The lowest BCUT2D eigenvalue weighted by Crippen LogP contribution is -2.04. The normalized spacial score (nSPS) is 11.6. The zero-order valence-corrected chi connectivity index (χ0v) is 16.9. The van der Waals surface area contributed by atoms with Crippen molar-refractivity contribution in [1.82, 2.24) is 15.0 Å². The van der Waals surface area contributed by atoms with Crippen LogP contribution in [-0.4, -0.2) is 39.9 Å². The van der Waals surface area contributed by atoms with Crippen LogP contribution < -0.4 is 9.47 Å². The van der Waals surface area contributed by atoms with Crippen molar-refractivity contribution in [3.05, 3.63) is 40.8 Å². The minimum atomic E-state index is -3.01. The smallest absolute Gasteiger partial charge is 0.388 e. The maximum Gasteiger partial charge on any atom is 0.388 e. The Morgan fingerprint density at radius 3 is 2.73 bits per heavy atom. The van der Waals surface area contributed by atoms with Crippen LogP contribution in [0.25, 0.3) is 31.8 Å². The average molecular weight is 456 g/mol. The fourth-order valence-corrected chi connectivity index (χ4v) is 4.23. The van der Waals surface area contributed by atoms with Gasteiger partial charge in [0, 0.05) is 11.6 Å². The molecule has 6 nitrogen and oxygen atoms in total. The van der Waals surface area contributed by atoms with Crippen molar-refractivity contribution >= 4 is 44.2 Å². The van der Waals surface area contributed by atoms with E-state index in [2.05, 4.69) is 19.7 Å². The Balaban J connectivity index is 1.86. The summed E-state index contributed by atoms with van der Waals surface area (Å²) in [7, 11) is 0. The Morgan fingerprint density at radius 2 is 2.00 bits per heavy atom. The molecule has 2 heterocycles. The number of aromatic nitrogens is 3. The van der Waals surface area contributed by atoms with Crippen LogP contribution in [0.4, 0.5) is 13.2 Å². The Morgan fingerprint density at radius 1 is 1.20 bits per heavy atom. The maximum atomic E-state index is 14.5. The number of aryl methyl sites for hydroxylation is 1. The summed E-state index contributed by atoms with van der Waals surface area (Å²) in [5.74, 6) is -1.15. The number of thiazole rings is 1. The second-order valence-electron chi connectivity index (χ2n) is 6.21. The predicted octanol–water partition coefficient (Wildman–Crippen LogP) is 4.98. The van der Waals surface area contributed by atoms with Gasteiger partial charge in [0.05, 0.1) is 28.5 Å². The number of nitrogens with zero attached hydrogens (tertiary/aromatic N) is 3. The lowest BCUT2D eigenvalue weighted by Gasteiger charge is -2.07. The van der Waals surface area contributed by atoms with Gasteiger partial charge < -0.3 is 14.6 Å². The van der Waals surface area contributed by atoms with Crippen LogP contribution in [0, 0.1) is 12.7 Å². The molecule has 0 unspecified atom stereocenters. The summed E-state index contributed by atoms with van der Waals surface area (Å²) in [6.07, 6.45) is 1.11. The van der Waals surface area contributed by atoms with Gasteiger partial charge in [0.15, 0.2) is 11.6 Å². The molecule has 2 aromatic carbocycles. The highest BCUT2D eigenvalue weighted by atomic mass is 35.5. The van der Waals surface area contributed by atoms with Gasteiger partial charge in [0.25, 0.3) is 0 Å². The summed E-state index contributed by atoms with van der Waals surface area (Å²) in [5, 5.41) is 9.20. The Hall–Kier alpha value is -2.69. The first-order chi connectivity index (χ1) is 14.4. The van der Waals surface area contributed by atoms with Crippen LogP contribution >= 0.6 is 22.9 Å². The Labute approximate surface area is 176 Å².